The average molecular weight is 320 g/mol. The highest BCUT2D eigenvalue weighted by Gasteiger charge is 2.31. The lowest BCUT2D eigenvalue weighted by Crippen LogP contribution is -2.51. The predicted molar refractivity (Wildman–Crippen MR) is 88.0 cm³/mol. The number of rotatable bonds is 5. The van der Waals surface area contributed by atoms with Crippen LogP contribution in [0.25, 0.3) is 0 Å². The Hall–Kier alpha value is -1.40. The van der Waals surface area contributed by atoms with Crippen molar-refractivity contribution in [2.45, 2.75) is 51.2 Å². The second-order valence-electron chi connectivity index (χ2n) is 6.53. The molecule has 1 saturated heterocycles. The number of nitrogens with one attached hydrogen (secondary N) is 1. The van der Waals surface area contributed by atoms with E-state index in [0.29, 0.717) is 6.54 Å². The topological polar surface area (TPSA) is 61.5 Å². The summed E-state index contributed by atoms with van der Waals surface area (Å²) in [6.07, 6.45) is 9.87. The first-order valence-electron chi connectivity index (χ1n) is 8.90. The van der Waals surface area contributed by atoms with E-state index in [1.54, 1.807) is 6.20 Å². The summed E-state index contributed by atoms with van der Waals surface area (Å²) in [6.45, 7) is 5.69. The molecule has 0 spiro atoms. The van der Waals surface area contributed by atoms with E-state index in [2.05, 4.69) is 21.8 Å². The minimum Gasteiger partial charge on any atom is -0.368 e. The molecule has 0 bridgehead atoms. The van der Waals surface area contributed by atoms with Crippen LogP contribution in [0.3, 0.4) is 0 Å². The van der Waals surface area contributed by atoms with Crippen molar-refractivity contribution < 1.29 is 9.53 Å². The van der Waals surface area contributed by atoms with E-state index in [9.17, 15) is 4.79 Å². The molecule has 6 nitrogen and oxygen atoms in total. The molecule has 1 aliphatic carbocycles. The number of H-pyrrole nitrogens is 1. The standard InChI is InChI=1S/C17H28N4O2/c1-2-20-10-11-21(12-15(20)17-18-8-9-19-17)16(22)13-23-14-6-4-3-5-7-14/h8-9,14-15H,2-7,10-13H2,1H3,(H,18,19)/t15-/m0/s1. The van der Waals surface area contributed by atoms with Crippen molar-refractivity contribution in [1.29, 1.82) is 0 Å². The van der Waals surface area contributed by atoms with Gasteiger partial charge in [-0.2, -0.15) is 0 Å². The SMILES string of the molecule is CCN1CCN(C(=O)COC2CCCCC2)C[C@H]1c1ncc[nH]1. The van der Waals surface area contributed by atoms with Crippen molar-refractivity contribution in [2.75, 3.05) is 32.8 Å². The molecule has 1 atom stereocenters. The molecule has 1 saturated carbocycles. The van der Waals surface area contributed by atoms with Crippen LogP contribution in [0.15, 0.2) is 12.4 Å². The third-order valence-electron chi connectivity index (χ3n) is 5.08. The molecule has 1 aromatic heterocycles. The van der Waals surface area contributed by atoms with Gasteiger partial charge in [0.2, 0.25) is 5.91 Å². The number of aromatic amines is 1. The number of likely N-dealkylation sites (N-methyl/N-ethyl adjacent to an activating group) is 1. The fraction of sp³-hybridized carbons (Fsp3) is 0.765. The predicted octanol–water partition coefficient (Wildman–Crippen LogP) is 1.96. The Bertz CT molecular complexity index is 485. The maximum Gasteiger partial charge on any atom is 0.248 e. The second kappa shape index (κ2) is 7.93. The molecular formula is C17H28N4O2. The number of piperazine rings is 1. The molecule has 1 amide bonds. The lowest BCUT2D eigenvalue weighted by molar-refractivity contribution is -0.142. The van der Waals surface area contributed by atoms with Crippen molar-refractivity contribution in [3.63, 3.8) is 0 Å². The van der Waals surface area contributed by atoms with Gasteiger partial charge in [0.05, 0.1) is 12.1 Å². The van der Waals surface area contributed by atoms with Crippen molar-refractivity contribution in [3.05, 3.63) is 18.2 Å². The molecular weight excluding hydrogens is 292 g/mol. The normalized spacial score (nSPS) is 24.0. The van der Waals surface area contributed by atoms with Crippen molar-refractivity contribution >= 4 is 5.91 Å². The van der Waals surface area contributed by atoms with E-state index in [1.165, 1.54) is 19.3 Å². The molecule has 2 heterocycles. The number of nitrogens with zero attached hydrogens (tertiary/aromatic N) is 3. The number of carbonyl (C=O) groups excluding carboxylic acids is 1. The van der Waals surface area contributed by atoms with Gasteiger partial charge in [-0.1, -0.05) is 26.2 Å². The van der Waals surface area contributed by atoms with Crippen LogP contribution < -0.4 is 0 Å². The zero-order valence-electron chi connectivity index (χ0n) is 14.0. The first kappa shape index (κ1) is 16.5. The molecule has 1 N–H and O–H groups in total. The highest BCUT2D eigenvalue weighted by atomic mass is 16.5. The molecule has 128 valence electrons. The van der Waals surface area contributed by atoms with Crippen LogP contribution in [0.2, 0.25) is 0 Å². The molecule has 1 aliphatic heterocycles. The largest absolute Gasteiger partial charge is 0.368 e. The Morgan fingerprint density at radius 3 is 2.87 bits per heavy atom. The van der Waals surface area contributed by atoms with Crippen LogP contribution in [-0.2, 0) is 9.53 Å². The summed E-state index contributed by atoms with van der Waals surface area (Å²) >= 11 is 0. The van der Waals surface area contributed by atoms with Crippen LogP contribution in [0.4, 0.5) is 0 Å². The van der Waals surface area contributed by atoms with Crippen LogP contribution in [-0.4, -0.2) is 64.6 Å². The summed E-state index contributed by atoms with van der Waals surface area (Å²) in [6, 6.07) is 0.155. The lowest BCUT2D eigenvalue weighted by Gasteiger charge is -2.40. The fourth-order valence-electron chi connectivity index (χ4n) is 3.66. The monoisotopic (exact) mass is 320 g/mol. The van der Waals surface area contributed by atoms with Crippen LogP contribution in [0, 0.1) is 0 Å². The van der Waals surface area contributed by atoms with Gasteiger partial charge in [0, 0.05) is 32.0 Å². The molecule has 23 heavy (non-hydrogen) atoms. The van der Waals surface area contributed by atoms with Gasteiger partial charge in [-0.25, -0.2) is 4.98 Å². The van der Waals surface area contributed by atoms with Gasteiger partial charge in [-0.15, -0.1) is 0 Å². The molecule has 3 rings (SSSR count). The molecule has 0 aromatic carbocycles. The number of aromatic nitrogens is 2. The third-order valence-corrected chi connectivity index (χ3v) is 5.08. The Morgan fingerprint density at radius 2 is 2.17 bits per heavy atom. The molecule has 1 aromatic rings. The number of imidazole rings is 1. The van der Waals surface area contributed by atoms with E-state index >= 15 is 0 Å². The summed E-state index contributed by atoms with van der Waals surface area (Å²) in [5, 5.41) is 0. The van der Waals surface area contributed by atoms with E-state index in [4.69, 9.17) is 4.74 Å². The minimum absolute atomic E-state index is 0.114. The van der Waals surface area contributed by atoms with Gasteiger partial charge in [0.25, 0.3) is 0 Å². The molecule has 2 fully saturated rings. The Labute approximate surface area is 138 Å². The summed E-state index contributed by atoms with van der Waals surface area (Å²) in [5.74, 6) is 1.06. The van der Waals surface area contributed by atoms with Gasteiger partial charge in [0.1, 0.15) is 12.4 Å². The maximum absolute atomic E-state index is 12.5. The summed E-state index contributed by atoms with van der Waals surface area (Å²) in [7, 11) is 0. The van der Waals surface area contributed by atoms with Gasteiger partial charge < -0.3 is 14.6 Å². The summed E-state index contributed by atoms with van der Waals surface area (Å²) in [4.78, 5) is 24.4. The van der Waals surface area contributed by atoms with E-state index in [0.717, 1.165) is 38.3 Å². The average Bonchev–Trinajstić information content (AvgIpc) is 3.14. The highest BCUT2D eigenvalue weighted by molar-refractivity contribution is 5.77. The van der Waals surface area contributed by atoms with Crippen LogP contribution in [0.5, 0.6) is 0 Å². The highest BCUT2D eigenvalue weighted by Crippen LogP contribution is 2.23. The first-order valence-corrected chi connectivity index (χ1v) is 8.90. The van der Waals surface area contributed by atoms with Gasteiger partial charge in [0.15, 0.2) is 0 Å². The van der Waals surface area contributed by atoms with Gasteiger partial charge in [-0.05, 0) is 19.4 Å². The number of ether oxygens (including phenoxy) is 1. The first-order chi connectivity index (χ1) is 11.3. The molecule has 6 heteroatoms. The van der Waals surface area contributed by atoms with Crippen LogP contribution >= 0.6 is 0 Å². The second-order valence-corrected chi connectivity index (χ2v) is 6.53. The fourth-order valence-corrected chi connectivity index (χ4v) is 3.66. The Kier molecular flexibility index (Phi) is 5.67. The Morgan fingerprint density at radius 1 is 1.35 bits per heavy atom. The zero-order valence-corrected chi connectivity index (χ0v) is 14.0. The van der Waals surface area contributed by atoms with Crippen molar-refractivity contribution in [1.82, 2.24) is 19.8 Å². The van der Waals surface area contributed by atoms with Crippen molar-refractivity contribution in [2.24, 2.45) is 0 Å². The van der Waals surface area contributed by atoms with Crippen LogP contribution in [0.1, 0.15) is 50.9 Å². The maximum atomic E-state index is 12.5. The van der Waals surface area contributed by atoms with Gasteiger partial charge >= 0.3 is 0 Å². The molecule has 2 aliphatic rings. The minimum atomic E-state index is 0.114. The van der Waals surface area contributed by atoms with E-state index in [-0.39, 0.29) is 24.7 Å². The lowest BCUT2D eigenvalue weighted by atomic mass is 9.98. The van der Waals surface area contributed by atoms with E-state index in [1.807, 2.05) is 11.1 Å². The summed E-state index contributed by atoms with van der Waals surface area (Å²) < 4.78 is 5.85. The van der Waals surface area contributed by atoms with Gasteiger partial charge in [-0.3, -0.25) is 9.69 Å². The quantitative estimate of drug-likeness (QED) is 0.901. The Balaban J connectivity index is 1.54. The number of amides is 1. The number of hydrogen-bond acceptors (Lipinski definition) is 4. The smallest absolute Gasteiger partial charge is 0.248 e. The molecule has 0 unspecified atom stereocenters. The van der Waals surface area contributed by atoms with E-state index < -0.39 is 0 Å². The summed E-state index contributed by atoms with van der Waals surface area (Å²) in [5.41, 5.74) is 0. The zero-order chi connectivity index (χ0) is 16.1. The number of carbonyl (C=O) groups is 1. The molecule has 0 radical (unpaired) electrons. The third kappa shape index (κ3) is 4.12. The van der Waals surface area contributed by atoms with Crippen molar-refractivity contribution in [3.8, 4) is 0 Å². The number of hydrogen-bond donors (Lipinski definition) is 1.